The molecule has 7 nitrogen and oxygen atoms in total. The molecular weight excluding hydrogens is 347 g/mol. The van der Waals surface area contributed by atoms with Crippen LogP contribution < -0.4 is 4.90 Å². The summed E-state index contributed by atoms with van der Waals surface area (Å²) >= 11 is 0. The number of carbonyl (C=O) groups is 1. The molecule has 140 valence electrons. The lowest BCUT2D eigenvalue weighted by Crippen LogP contribution is -2.27. The molecular formula is C19H21FN6O. The van der Waals surface area contributed by atoms with Gasteiger partial charge in [0.05, 0.1) is 23.1 Å². The normalized spacial score (nSPS) is 10.7. The number of halogens is 1. The van der Waals surface area contributed by atoms with Gasteiger partial charge in [0.15, 0.2) is 0 Å². The van der Waals surface area contributed by atoms with Crippen LogP contribution >= 0.6 is 0 Å². The number of nitrogens with zero attached hydrogens (tertiary/aromatic N) is 6. The van der Waals surface area contributed by atoms with Crippen LogP contribution in [0.2, 0.25) is 0 Å². The molecule has 27 heavy (non-hydrogen) atoms. The fraction of sp³-hybridized carbons (Fsp3) is 0.263. The number of benzene rings is 1. The predicted molar refractivity (Wildman–Crippen MR) is 100 cm³/mol. The maximum atomic E-state index is 13.0. The molecule has 1 amide bonds. The first-order chi connectivity index (χ1) is 12.8. The summed E-state index contributed by atoms with van der Waals surface area (Å²) in [6.07, 6.45) is 5.06. The van der Waals surface area contributed by atoms with E-state index in [4.69, 9.17) is 0 Å². The van der Waals surface area contributed by atoms with Crippen LogP contribution in [0, 0.1) is 12.7 Å². The first-order valence-corrected chi connectivity index (χ1v) is 8.41. The summed E-state index contributed by atoms with van der Waals surface area (Å²) in [5, 5.41) is 4.28. The van der Waals surface area contributed by atoms with E-state index in [1.54, 1.807) is 53.0 Å². The first-order valence-electron chi connectivity index (χ1n) is 8.41. The van der Waals surface area contributed by atoms with Crippen LogP contribution in [0.5, 0.6) is 0 Å². The molecule has 3 aromatic rings. The van der Waals surface area contributed by atoms with E-state index >= 15 is 0 Å². The van der Waals surface area contributed by atoms with E-state index in [1.165, 1.54) is 12.1 Å². The third kappa shape index (κ3) is 4.11. The Morgan fingerprint density at radius 3 is 2.48 bits per heavy atom. The number of amides is 1. The van der Waals surface area contributed by atoms with E-state index in [1.807, 2.05) is 20.3 Å². The maximum absolute atomic E-state index is 13.0. The molecule has 1 aromatic carbocycles. The molecule has 0 saturated carbocycles. The van der Waals surface area contributed by atoms with Crippen molar-refractivity contribution < 1.29 is 9.18 Å². The largest absolute Gasteiger partial charge is 0.347 e. The van der Waals surface area contributed by atoms with Gasteiger partial charge < -0.3 is 9.80 Å². The van der Waals surface area contributed by atoms with Crippen LogP contribution in [0.4, 0.5) is 10.3 Å². The molecule has 2 aromatic heterocycles. The summed E-state index contributed by atoms with van der Waals surface area (Å²) in [6, 6.07) is 6.06. The number of hydrogen-bond acceptors (Lipinski definition) is 5. The van der Waals surface area contributed by atoms with Crippen LogP contribution in [0.1, 0.15) is 21.6 Å². The second kappa shape index (κ2) is 7.53. The topological polar surface area (TPSA) is 67.2 Å². The number of rotatable bonds is 5. The lowest BCUT2D eigenvalue weighted by atomic mass is 10.2. The fourth-order valence-electron chi connectivity index (χ4n) is 2.61. The van der Waals surface area contributed by atoms with Gasteiger partial charge in [0, 0.05) is 45.6 Å². The van der Waals surface area contributed by atoms with Gasteiger partial charge in [0.1, 0.15) is 5.82 Å². The quantitative estimate of drug-likeness (QED) is 0.692. The van der Waals surface area contributed by atoms with Crippen LogP contribution in [-0.4, -0.2) is 51.7 Å². The Hall–Kier alpha value is -3.29. The molecule has 8 heteroatoms. The average molecular weight is 368 g/mol. The number of anilines is 1. The zero-order valence-electron chi connectivity index (χ0n) is 15.7. The van der Waals surface area contributed by atoms with Gasteiger partial charge >= 0.3 is 0 Å². The molecule has 0 aliphatic rings. The minimum Gasteiger partial charge on any atom is -0.347 e. The highest BCUT2D eigenvalue weighted by molar-refractivity contribution is 5.94. The molecule has 0 N–H and O–H groups in total. The fourth-order valence-corrected chi connectivity index (χ4v) is 2.61. The van der Waals surface area contributed by atoms with Crippen molar-refractivity contribution in [1.29, 1.82) is 0 Å². The van der Waals surface area contributed by atoms with Crippen molar-refractivity contribution in [2.45, 2.75) is 13.5 Å². The monoisotopic (exact) mass is 368 g/mol. The highest BCUT2D eigenvalue weighted by Gasteiger charge is 2.17. The van der Waals surface area contributed by atoms with Crippen molar-refractivity contribution >= 4 is 11.9 Å². The van der Waals surface area contributed by atoms with Crippen LogP contribution in [0.3, 0.4) is 0 Å². The standard InChI is InChI=1S/C19H21FN6O/c1-13-17(10-21-19(23-13)24(2)3)18(27)25(4)11-14-9-22-26(12-14)16-7-5-15(20)6-8-16/h5-10,12H,11H2,1-4H3. The van der Waals surface area contributed by atoms with Gasteiger partial charge in [-0.2, -0.15) is 5.10 Å². The molecule has 0 spiro atoms. The number of hydrogen-bond donors (Lipinski definition) is 0. The van der Waals surface area contributed by atoms with Gasteiger partial charge in [-0.3, -0.25) is 4.79 Å². The molecule has 0 unspecified atom stereocenters. The summed E-state index contributed by atoms with van der Waals surface area (Å²) in [7, 11) is 5.42. The Kier molecular flexibility index (Phi) is 5.16. The van der Waals surface area contributed by atoms with Crippen LogP contribution in [-0.2, 0) is 6.54 Å². The second-order valence-electron chi connectivity index (χ2n) is 6.49. The Morgan fingerprint density at radius 1 is 1.15 bits per heavy atom. The van der Waals surface area contributed by atoms with E-state index < -0.39 is 0 Å². The SMILES string of the molecule is Cc1nc(N(C)C)ncc1C(=O)N(C)Cc1cnn(-c2ccc(F)cc2)c1. The molecule has 0 fully saturated rings. The van der Waals surface area contributed by atoms with Gasteiger partial charge in [-0.25, -0.2) is 19.0 Å². The van der Waals surface area contributed by atoms with Gasteiger partial charge in [-0.1, -0.05) is 0 Å². The van der Waals surface area contributed by atoms with Crippen molar-refractivity contribution in [3.63, 3.8) is 0 Å². The number of carbonyl (C=O) groups excluding carboxylic acids is 1. The Morgan fingerprint density at radius 2 is 1.85 bits per heavy atom. The van der Waals surface area contributed by atoms with E-state index in [-0.39, 0.29) is 11.7 Å². The summed E-state index contributed by atoms with van der Waals surface area (Å²) in [6.45, 7) is 2.18. The highest BCUT2D eigenvalue weighted by atomic mass is 19.1. The Bertz CT molecular complexity index is 951. The number of aryl methyl sites for hydroxylation is 1. The molecule has 2 heterocycles. The third-order valence-corrected chi connectivity index (χ3v) is 4.09. The van der Waals surface area contributed by atoms with Crippen LogP contribution in [0.15, 0.2) is 42.9 Å². The van der Waals surface area contributed by atoms with E-state index in [0.717, 1.165) is 11.3 Å². The zero-order valence-corrected chi connectivity index (χ0v) is 15.7. The highest BCUT2D eigenvalue weighted by Crippen LogP contribution is 2.14. The van der Waals surface area contributed by atoms with Crippen molar-refractivity contribution in [3.05, 3.63) is 65.5 Å². The van der Waals surface area contributed by atoms with Crippen molar-refractivity contribution in [2.75, 3.05) is 26.0 Å². The van der Waals surface area contributed by atoms with Gasteiger partial charge in [0.25, 0.3) is 5.91 Å². The molecule has 0 saturated heterocycles. The second-order valence-corrected chi connectivity index (χ2v) is 6.49. The Labute approximate surface area is 157 Å². The Balaban J connectivity index is 1.73. The molecule has 0 aliphatic carbocycles. The first kappa shape index (κ1) is 18.5. The molecule has 0 bridgehead atoms. The van der Waals surface area contributed by atoms with Crippen molar-refractivity contribution in [2.24, 2.45) is 0 Å². The number of aromatic nitrogens is 4. The lowest BCUT2D eigenvalue weighted by molar-refractivity contribution is 0.0783. The minimum absolute atomic E-state index is 0.160. The van der Waals surface area contributed by atoms with E-state index in [9.17, 15) is 9.18 Å². The van der Waals surface area contributed by atoms with E-state index in [2.05, 4.69) is 15.1 Å². The van der Waals surface area contributed by atoms with Crippen molar-refractivity contribution in [3.8, 4) is 5.69 Å². The van der Waals surface area contributed by atoms with Gasteiger partial charge in [-0.05, 0) is 31.2 Å². The maximum Gasteiger partial charge on any atom is 0.257 e. The zero-order chi connectivity index (χ0) is 19.6. The van der Waals surface area contributed by atoms with Gasteiger partial charge in [0.2, 0.25) is 5.95 Å². The summed E-state index contributed by atoms with van der Waals surface area (Å²) in [4.78, 5) is 24.7. The van der Waals surface area contributed by atoms with Gasteiger partial charge in [-0.15, -0.1) is 0 Å². The van der Waals surface area contributed by atoms with Crippen molar-refractivity contribution in [1.82, 2.24) is 24.6 Å². The van der Waals surface area contributed by atoms with Crippen LogP contribution in [0.25, 0.3) is 5.69 Å². The smallest absolute Gasteiger partial charge is 0.257 e. The molecule has 0 atom stereocenters. The third-order valence-electron chi connectivity index (χ3n) is 4.09. The predicted octanol–water partition coefficient (Wildman–Crippen LogP) is 2.45. The summed E-state index contributed by atoms with van der Waals surface area (Å²) in [5.41, 5.74) is 2.71. The summed E-state index contributed by atoms with van der Waals surface area (Å²) in [5.74, 6) is 0.106. The molecule has 0 aliphatic heterocycles. The molecule has 3 rings (SSSR count). The van der Waals surface area contributed by atoms with E-state index in [0.29, 0.717) is 23.8 Å². The summed E-state index contributed by atoms with van der Waals surface area (Å²) < 4.78 is 14.7. The lowest BCUT2D eigenvalue weighted by Gasteiger charge is -2.18. The minimum atomic E-state index is -0.297. The molecule has 0 radical (unpaired) electrons. The average Bonchev–Trinajstić information content (AvgIpc) is 3.10.